The lowest BCUT2D eigenvalue weighted by molar-refractivity contribution is -0.137. The minimum Gasteiger partial charge on any atom is -0.481 e. The highest BCUT2D eigenvalue weighted by Crippen LogP contribution is 2.49. The molecule has 1 saturated carbocycles. The van der Waals surface area contributed by atoms with Gasteiger partial charge in [0.05, 0.1) is 0 Å². The van der Waals surface area contributed by atoms with Gasteiger partial charge in [0.1, 0.15) is 11.6 Å². The van der Waals surface area contributed by atoms with Crippen LogP contribution in [-0.4, -0.2) is 11.1 Å². The van der Waals surface area contributed by atoms with Crippen LogP contribution >= 0.6 is 0 Å². The summed E-state index contributed by atoms with van der Waals surface area (Å²) in [5.74, 6) is -2.04. The van der Waals surface area contributed by atoms with Crippen LogP contribution in [-0.2, 0) is 4.79 Å². The van der Waals surface area contributed by atoms with Crippen LogP contribution in [0.25, 0.3) is 0 Å². The Bertz CT molecular complexity index is 383. The van der Waals surface area contributed by atoms with Crippen LogP contribution in [0.5, 0.6) is 0 Å². The maximum Gasteiger partial charge on any atom is 0.303 e. The van der Waals surface area contributed by atoms with E-state index >= 15 is 0 Å². The summed E-state index contributed by atoms with van der Waals surface area (Å²) < 4.78 is 25.7. The summed E-state index contributed by atoms with van der Waals surface area (Å²) in [5, 5.41) is 8.55. The number of benzene rings is 1. The molecule has 2 nitrogen and oxygen atoms in total. The number of rotatable bonds is 3. The van der Waals surface area contributed by atoms with Crippen molar-refractivity contribution in [1.29, 1.82) is 0 Å². The summed E-state index contributed by atoms with van der Waals surface area (Å²) in [4.78, 5) is 10.4. The summed E-state index contributed by atoms with van der Waals surface area (Å²) in [6.45, 7) is 0. The second-order valence-corrected chi connectivity index (χ2v) is 3.90. The molecular formula is C11H10F2O2. The zero-order chi connectivity index (χ0) is 11.0. The molecule has 4 heteroatoms. The second-order valence-electron chi connectivity index (χ2n) is 3.90. The number of carboxylic acid groups (broad SMARTS) is 1. The maximum absolute atomic E-state index is 12.8. The summed E-state index contributed by atoms with van der Waals surface area (Å²) in [6.07, 6.45) is 0.776. The van der Waals surface area contributed by atoms with Gasteiger partial charge in [0, 0.05) is 12.5 Å². The van der Waals surface area contributed by atoms with Gasteiger partial charge in [-0.2, -0.15) is 0 Å². The van der Waals surface area contributed by atoms with E-state index in [4.69, 9.17) is 5.11 Å². The van der Waals surface area contributed by atoms with Crippen molar-refractivity contribution in [1.82, 2.24) is 0 Å². The van der Waals surface area contributed by atoms with Gasteiger partial charge in [-0.15, -0.1) is 0 Å². The van der Waals surface area contributed by atoms with Gasteiger partial charge in [-0.3, -0.25) is 4.79 Å². The van der Waals surface area contributed by atoms with Crippen molar-refractivity contribution < 1.29 is 18.7 Å². The smallest absolute Gasteiger partial charge is 0.303 e. The molecule has 1 N–H and O–H groups in total. The van der Waals surface area contributed by atoms with Crippen LogP contribution in [0.1, 0.15) is 24.3 Å². The van der Waals surface area contributed by atoms with E-state index in [1.807, 2.05) is 0 Å². The molecule has 0 aromatic heterocycles. The number of hydrogen-bond acceptors (Lipinski definition) is 1. The van der Waals surface area contributed by atoms with Crippen molar-refractivity contribution in [3.05, 3.63) is 35.4 Å². The van der Waals surface area contributed by atoms with Gasteiger partial charge >= 0.3 is 5.97 Å². The minimum atomic E-state index is -0.862. The third-order valence-electron chi connectivity index (χ3n) is 2.67. The van der Waals surface area contributed by atoms with Crippen LogP contribution in [0.4, 0.5) is 8.78 Å². The molecule has 1 fully saturated rings. The van der Waals surface area contributed by atoms with E-state index in [0.717, 1.165) is 6.07 Å². The highest BCUT2D eigenvalue weighted by atomic mass is 19.1. The molecule has 0 amide bonds. The van der Waals surface area contributed by atoms with Gasteiger partial charge in [-0.05, 0) is 36.0 Å². The lowest BCUT2D eigenvalue weighted by Gasteiger charge is -2.00. The Balaban J connectivity index is 2.09. The van der Waals surface area contributed by atoms with Crippen molar-refractivity contribution in [3.8, 4) is 0 Å². The Hall–Kier alpha value is -1.45. The predicted octanol–water partition coefficient (Wildman–Crippen LogP) is 2.54. The molecule has 1 aromatic carbocycles. The molecular weight excluding hydrogens is 202 g/mol. The Morgan fingerprint density at radius 3 is 2.47 bits per heavy atom. The lowest BCUT2D eigenvalue weighted by Crippen LogP contribution is -1.97. The minimum absolute atomic E-state index is 0.00583. The van der Waals surface area contributed by atoms with Gasteiger partial charge in [0.15, 0.2) is 0 Å². The summed E-state index contributed by atoms with van der Waals surface area (Å²) in [7, 11) is 0. The van der Waals surface area contributed by atoms with Gasteiger partial charge in [-0.25, -0.2) is 8.78 Å². The number of halogens is 2. The fraction of sp³-hybridized carbons (Fsp3) is 0.364. The summed E-state index contributed by atoms with van der Waals surface area (Å²) in [5.41, 5.74) is 0.568. The van der Waals surface area contributed by atoms with Crippen molar-refractivity contribution >= 4 is 5.97 Å². The normalized spacial score (nSPS) is 23.9. The molecule has 0 bridgehead atoms. The summed E-state index contributed by atoms with van der Waals surface area (Å²) in [6, 6.07) is 3.36. The molecule has 1 aliphatic carbocycles. The van der Waals surface area contributed by atoms with E-state index in [0.29, 0.717) is 12.0 Å². The molecule has 80 valence electrons. The third-order valence-corrected chi connectivity index (χ3v) is 2.67. The molecule has 0 heterocycles. The highest BCUT2D eigenvalue weighted by Gasteiger charge is 2.39. The van der Waals surface area contributed by atoms with Crippen LogP contribution in [0.15, 0.2) is 18.2 Å². The Morgan fingerprint density at radius 1 is 1.33 bits per heavy atom. The first-order chi connectivity index (χ1) is 7.06. The molecule has 0 saturated heterocycles. The lowest BCUT2D eigenvalue weighted by atomic mass is 10.1. The monoisotopic (exact) mass is 212 g/mol. The van der Waals surface area contributed by atoms with Crippen LogP contribution < -0.4 is 0 Å². The average Bonchev–Trinajstić information content (AvgIpc) is 2.80. The van der Waals surface area contributed by atoms with E-state index in [1.54, 1.807) is 0 Å². The largest absolute Gasteiger partial charge is 0.481 e. The Morgan fingerprint density at radius 2 is 1.93 bits per heavy atom. The molecule has 0 radical (unpaired) electrons. The van der Waals surface area contributed by atoms with Crippen LogP contribution in [0.3, 0.4) is 0 Å². The van der Waals surface area contributed by atoms with E-state index < -0.39 is 17.6 Å². The molecule has 0 aliphatic heterocycles. The molecule has 1 aliphatic rings. The third kappa shape index (κ3) is 2.32. The molecule has 1 aromatic rings. The average molecular weight is 212 g/mol. The standard InChI is InChI=1S/C11H10F2O2/c12-8-1-6(2-9(13)5-8)10-3-7(10)4-11(14)15/h1-2,5,7,10H,3-4H2,(H,14,15). The first kappa shape index (κ1) is 10.1. The molecule has 0 spiro atoms. The fourth-order valence-electron chi connectivity index (χ4n) is 1.89. The van der Waals surface area contributed by atoms with Crippen molar-refractivity contribution in [2.75, 3.05) is 0 Å². The van der Waals surface area contributed by atoms with E-state index in [9.17, 15) is 13.6 Å². The molecule has 2 unspecified atom stereocenters. The van der Waals surface area contributed by atoms with Crippen LogP contribution in [0, 0.1) is 17.6 Å². The van der Waals surface area contributed by atoms with Gasteiger partial charge in [0.2, 0.25) is 0 Å². The topological polar surface area (TPSA) is 37.3 Å². The number of carbonyl (C=O) groups is 1. The number of carboxylic acids is 1. The fourth-order valence-corrected chi connectivity index (χ4v) is 1.89. The van der Waals surface area contributed by atoms with Crippen molar-refractivity contribution in [3.63, 3.8) is 0 Å². The highest BCUT2D eigenvalue weighted by molar-refractivity contribution is 5.67. The van der Waals surface area contributed by atoms with E-state index in [1.165, 1.54) is 12.1 Å². The van der Waals surface area contributed by atoms with Crippen molar-refractivity contribution in [2.45, 2.75) is 18.8 Å². The van der Waals surface area contributed by atoms with Gasteiger partial charge in [-0.1, -0.05) is 0 Å². The molecule has 15 heavy (non-hydrogen) atoms. The number of aliphatic carboxylic acids is 1. The zero-order valence-corrected chi connectivity index (χ0v) is 7.91. The van der Waals surface area contributed by atoms with Crippen LogP contribution in [0.2, 0.25) is 0 Å². The first-order valence-corrected chi connectivity index (χ1v) is 4.74. The Kier molecular flexibility index (Phi) is 2.42. The first-order valence-electron chi connectivity index (χ1n) is 4.74. The van der Waals surface area contributed by atoms with E-state index in [2.05, 4.69) is 0 Å². The summed E-state index contributed by atoms with van der Waals surface area (Å²) >= 11 is 0. The van der Waals surface area contributed by atoms with Gasteiger partial charge in [0.25, 0.3) is 0 Å². The quantitative estimate of drug-likeness (QED) is 0.835. The maximum atomic E-state index is 12.8. The zero-order valence-electron chi connectivity index (χ0n) is 7.91. The Labute approximate surface area is 85.5 Å². The van der Waals surface area contributed by atoms with E-state index in [-0.39, 0.29) is 18.3 Å². The predicted molar refractivity (Wildman–Crippen MR) is 49.5 cm³/mol. The number of hydrogen-bond donors (Lipinski definition) is 1. The molecule has 2 rings (SSSR count). The SMILES string of the molecule is O=C(O)CC1CC1c1cc(F)cc(F)c1. The van der Waals surface area contributed by atoms with Gasteiger partial charge < -0.3 is 5.11 Å². The molecule has 2 atom stereocenters. The van der Waals surface area contributed by atoms with Crippen molar-refractivity contribution in [2.24, 2.45) is 5.92 Å². The second kappa shape index (κ2) is 3.61.